The fourth-order valence-electron chi connectivity index (χ4n) is 4.12. The Balaban J connectivity index is 1.58. The normalized spacial score (nSPS) is 15.2. The van der Waals surface area contributed by atoms with Crippen LogP contribution in [0.3, 0.4) is 0 Å². The number of nitrogens with zero attached hydrogens (tertiary/aromatic N) is 3. The highest BCUT2D eigenvalue weighted by molar-refractivity contribution is 5.76. The van der Waals surface area contributed by atoms with E-state index >= 15 is 0 Å². The summed E-state index contributed by atoms with van der Waals surface area (Å²) in [5.41, 5.74) is 4.45. The molecule has 1 aromatic heterocycles. The molecule has 1 saturated carbocycles. The first-order valence-corrected chi connectivity index (χ1v) is 10.0. The Bertz CT molecular complexity index is 726. The van der Waals surface area contributed by atoms with Crippen LogP contribution in [-0.2, 0) is 11.2 Å². The zero-order valence-electron chi connectivity index (χ0n) is 16.4. The third-order valence-electron chi connectivity index (χ3n) is 5.49. The summed E-state index contributed by atoms with van der Waals surface area (Å²) in [4.78, 5) is 14.8. The average Bonchev–Trinajstić information content (AvgIpc) is 3.00. The Morgan fingerprint density at radius 1 is 1.15 bits per heavy atom. The summed E-state index contributed by atoms with van der Waals surface area (Å²) in [5, 5.41) is 4.53. The van der Waals surface area contributed by atoms with Gasteiger partial charge in [-0.05, 0) is 63.8 Å². The Hall–Kier alpha value is -2.10. The summed E-state index contributed by atoms with van der Waals surface area (Å²) in [6.45, 7) is 7.02. The highest BCUT2D eigenvalue weighted by atomic mass is 16.2. The van der Waals surface area contributed by atoms with Gasteiger partial charge in [-0.25, -0.2) is 4.68 Å². The first kappa shape index (κ1) is 18.7. The van der Waals surface area contributed by atoms with Gasteiger partial charge in [-0.1, -0.05) is 31.4 Å². The number of amides is 1. The van der Waals surface area contributed by atoms with E-state index < -0.39 is 0 Å². The highest BCUT2D eigenvalue weighted by Gasteiger charge is 2.23. The van der Waals surface area contributed by atoms with Crippen LogP contribution in [0.25, 0.3) is 5.69 Å². The lowest BCUT2D eigenvalue weighted by atomic mass is 9.94. The molecule has 2 aromatic rings. The van der Waals surface area contributed by atoms with E-state index in [2.05, 4.69) is 54.2 Å². The lowest BCUT2D eigenvalue weighted by Gasteiger charge is -2.33. The first-order chi connectivity index (χ1) is 12.6. The molecule has 140 valence electrons. The molecule has 0 unspecified atom stereocenters. The molecule has 0 N–H and O–H groups in total. The Morgan fingerprint density at radius 2 is 1.85 bits per heavy atom. The predicted molar refractivity (Wildman–Crippen MR) is 106 cm³/mol. The molecule has 4 heteroatoms. The van der Waals surface area contributed by atoms with Crippen molar-refractivity contribution in [3.8, 4) is 5.69 Å². The fourth-order valence-corrected chi connectivity index (χ4v) is 4.12. The van der Waals surface area contributed by atoms with Crippen LogP contribution in [0.15, 0.2) is 30.3 Å². The van der Waals surface area contributed by atoms with Crippen molar-refractivity contribution < 1.29 is 4.79 Å². The van der Waals surface area contributed by atoms with E-state index in [4.69, 9.17) is 0 Å². The number of benzene rings is 1. The monoisotopic (exact) mass is 353 g/mol. The third kappa shape index (κ3) is 4.35. The van der Waals surface area contributed by atoms with Gasteiger partial charge in [-0.15, -0.1) is 0 Å². The average molecular weight is 354 g/mol. The molecule has 26 heavy (non-hydrogen) atoms. The summed E-state index contributed by atoms with van der Waals surface area (Å²) in [7, 11) is 0. The Kier molecular flexibility index (Phi) is 6.12. The number of rotatable bonds is 6. The van der Waals surface area contributed by atoms with Crippen LogP contribution in [-0.4, -0.2) is 33.2 Å². The minimum Gasteiger partial charge on any atom is -0.340 e. The van der Waals surface area contributed by atoms with Crippen LogP contribution in [0.2, 0.25) is 0 Å². The SMILES string of the molecule is CCN(C(=O)CCc1ccc(-n2nc(C)cc2C)cc1)C1CCCCC1. The molecule has 1 amide bonds. The van der Waals surface area contributed by atoms with E-state index in [0.717, 1.165) is 30.0 Å². The largest absolute Gasteiger partial charge is 0.340 e. The van der Waals surface area contributed by atoms with Crippen molar-refractivity contribution >= 4 is 5.91 Å². The number of hydrogen-bond donors (Lipinski definition) is 0. The van der Waals surface area contributed by atoms with Crippen LogP contribution in [0, 0.1) is 13.8 Å². The molecule has 1 aromatic carbocycles. The van der Waals surface area contributed by atoms with Crippen LogP contribution < -0.4 is 0 Å². The molecule has 0 atom stereocenters. The van der Waals surface area contributed by atoms with E-state index in [1.54, 1.807) is 0 Å². The van der Waals surface area contributed by atoms with Gasteiger partial charge in [0.2, 0.25) is 5.91 Å². The molecule has 0 aliphatic heterocycles. The van der Waals surface area contributed by atoms with Gasteiger partial charge >= 0.3 is 0 Å². The van der Waals surface area contributed by atoms with Gasteiger partial charge in [0, 0.05) is 24.7 Å². The highest BCUT2D eigenvalue weighted by Crippen LogP contribution is 2.23. The molecule has 1 aliphatic rings. The minimum absolute atomic E-state index is 0.307. The third-order valence-corrected chi connectivity index (χ3v) is 5.49. The molecule has 4 nitrogen and oxygen atoms in total. The van der Waals surface area contributed by atoms with Crippen molar-refractivity contribution in [1.82, 2.24) is 14.7 Å². The van der Waals surface area contributed by atoms with E-state index in [9.17, 15) is 4.79 Å². The molecule has 3 rings (SSSR count). The van der Waals surface area contributed by atoms with Crippen LogP contribution in [0.5, 0.6) is 0 Å². The van der Waals surface area contributed by atoms with Gasteiger partial charge in [-0.2, -0.15) is 5.10 Å². The number of carbonyl (C=O) groups is 1. The van der Waals surface area contributed by atoms with Crippen LogP contribution >= 0.6 is 0 Å². The zero-order valence-corrected chi connectivity index (χ0v) is 16.4. The van der Waals surface area contributed by atoms with Crippen molar-refractivity contribution in [3.05, 3.63) is 47.3 Å². The molecule has 0 spiro atoms. The summed E-state index contributed by atoms with van der Waals surface area (Å²) >= 11 is 0. The maximum absolute atomic E-state index is 12.7. The summed E-state index contributed by atoms with van der Waals surface area (Å²) in [5.74, 6) is 0.307. The summed E-state index contributed by atoms with van der Waals surface area (Å²) < 4.78 is 1.96. The lowest BCUT2D eigenvalue weighted by Crippen LogP contribution is -2.41. The second-order valence-corrected chi connectivity index (χ2v) is 7.48. The topological polar surface area (TPSA) is 38.1 Å². The maximum atomic E-state index is 12.7. The summed E-state index contributed by atoms with van der Waals surface area (Å²) in [6, 6.07) is 11.0. The molecular formula is C22H31N3O. The summed E-state index contributed by atoms with van der Waals surface area (Å²) in [6.07, 6.45) is 7.62. The molecule has 1 aliphatic carbocycles. The maximum Gasteiger partial charge on any atom is 0.223 e. The van der Waals surface area contributed by atoms with Crippen molar-refractivity contribution in [1.29, 1.82) is 0 Å². The van der Waals surface area contributed by atoms with Gasteiger partial charge in [0.15, 0.2) is 0 Å². The molecule has 0 radical (unpaired) electrons. The van der Waals surface area contributed by atoms with Crippen LogP contribution in [0.4, 0.5) is 0 Å². The van der Waals surface area contributed by atoms with E-state index in [1.807, 2.05) is 11.6 Å². The molecule has 0 saturated heterocycles. The fraction of sp³-hybridized carbons (Fsp3) is 0.545. The van der Waals surface area contributed by atoms with Gasteiger partial charge in [0.25, 0.3) is 0 Å². The standard InChI is InChI=1S/C22H31N3O/c1-4-24(20-8-6-5-7-9-20)22(26)15-12-19-10-13-21(14-11-19)25-18(3)16-17(2)23-25/h10-11,13-14,16,20H,4-9,12,15H2,1-3H3. The zero-order chi connectivity index (χ0) is 18.5. The van der Waals surface area contributed by atoms with Gasteiger partial charge < -0.3 is 4.90 Å². The quantitative estimate of drug-likeness (QED) is 0.761. The lowest BCUT2D eigenvalue weighted by molar-refractivity contribution is -0.133. The van der Waals surface area contributed by atoms with Crippen molar-refractivity contribution in [2.45, 2.75) is 71.8 Å². The molecular weight excluding hydrogens is 322 g/mol. The second-order valence-electron chi connectivity index (χ2n) is 7.48. The molecule has 1 fully saturated rings. The Labute approximate surface area is 157 Å². The van der Waals surface area contributed by atoms with Crippen molar-refractivity contribution in [2.24, 2.45) is 0 Å². The molecule has 0 bridgehead atoms. The van der Waals surface area contributed by atoms with Crippen LogP contribution in [0.1, 0.15) is 62.4 Å². The van der Waals surface area contributed by atoms with Crippen molar-refractivity contribution in [3.63, 3.8) is 0 Å². The van der Waals surface area contributed by atoms with Gasteiger partial charge in [0.1, 0.15) is 0 Å². The number of aryl methyl sites for hydroxylation is 3. The minimum atomic E-state index is 0.307. The predicted octanol–water partition coefficient (Wildman–Crippen LogP) is 4.60. The van der Waals surface area contributed by atoms with E-state index in [1.165, 1.54) is 37.7 Å². The van der Waals surface area contributed by atoms with Gasteiger partial charge in [0.05, 0.1) is 11.4 Å². The first-order valence-electron chi connectivity index (χ1n) is 10.0. The number of aromatic nitrogens is 2. The van der Waals surface area contributed by atoms with Crippen molar-refractivity contribution in [2.75, 3.05) is 6.54 Å². The smallest absolute Gasteiger partial charge is 0.223 e. The number of carbonyl (C=O) groups excluding carboxylic acids is 1. The second kappa shape index (κ2) is 8.52. The number of hydrogen-bond acceptors (Lipinski definition) is 2. The Morgan fingerprint density at radius 3 is 2.42 bits per heavy atom. The van der Waals surface area contributed by atoms with E-state index in [0.29, 0.717) is 18.4 Å². The van der Waals surface area contributed by atoms with E-state index in [-0.39, 0.29) is 0 Å². The molecule has 1 heterocycles. The van der Waals surface area contributed by atoms with Gasteiger partial charge in [-0.3, -0.25) is 4.79 Å².